The topological polar surface area (TPSA) is 46.5 Å². The van der Waals surface area contributed by atoms with Crippen molar-refractivity contribution in [2.75, 3.05) is 11.9 Å². The van der Waals surface area contributed by atoms with Crippen LogP contribution in [0.2, 0.25) is 0 Å². The summed E-state index contributed by atoms with van der Waals surface area (Å²) >= 11 is 0. The van der Waals surface area contributed by atoms with Gasteiger partial charge in [0.15, 0.2) is 0 Å². The lowest BCUT2D eigenvalue weighted by molar-refractivity contribution is 1.17. The van der Waals surface area contributed by atoms with Crippen LogP contribution in [0.5, 0.6) is 0 Å². The number of fused-ring (bicyclic) bond motifs is 3. The summed E-state index contributed by atoms with van der Waals surface area (Å²) < 4.78 is 2.40. The van der Waals surface area contributed by atoms with E-state index in [-0.39, 0.29) is 0 Å². The molecule has 0 fully saturated rings. The second-order valence-electron chi connectivity index (χ2n) is 15.1. The van der Waals surface area contributed by atoms with Crippen molar-refractivity contribution in [1.29, 1.82) is 0 Å². The van der Waals surface area contributed by atoms with Crippen molar-refractivity contribution in [3.05, 3.63) is 247 Å². The van der Waals surface area contributed by atoms with Crippen molar-refractivity contribution in [2.45, 2.75) is 34.1 Å². The van der Waals surface area contributed by atoms with Gasteiger partial charge in [-0.2, -0.15) is 0 Å². The van der Waals surface area contributed by atoms with E-state index >= 15 is 0 Å². The number of aliphatic imine (C=N–C) groups is 1. The highest BCUT2D eigenvalue weighted by molar-refractivity contribution is 6.10. The smallest absolute Gasteiger partial charge is 0.125 e. The highest BCUT2D eigenvalue weighted by Crippen LogP contribution is 2.40. The summed E-state index contributed by atoms with van der Waals surface area (Å²) in [6.45, 7) is 8.22. The number of aromatic nitrogens is 1. The minimum atomic E-state index is 0.584. The van der Waals surface area contributed by atoms with Crippen LogP contribution in [0.1, 0.15) is 42.5 Å². The highest BCUT2D eigenvalue weighted by Gasteiger charge is 2.18. The molecule has 2 N–H and O–H groups in total. The number of para-hydroxylation sites is 1. The standard InChI is InChI=1S/C42H32N2.C8H10N2.C7H8.C2H6/c1-30-15-21-37(22-16-30)44-41-14-8-7-13-39(41)40-28-27-38(29-42(40)44)43(36-25-19-34(20-26-36)32-11-5-6-12-32)35-23-17-33(18-24-35)31-9-3-2-4-10-31;1-10-8(9)7-5-3-2-4-6-7;1-7-5-3-2-4-6-7;1-2/h2-11,13-29H,12H2,1H3;2-6H,1H3,(H2,9,10);2-6H,1H3;1-2H3. The fourth-order valence-electron chi connectivity index (χ4n) is 7.71. The first-order valence-corrected chi connectivity index (χ1v) is 21.8. The maximum absolute atomic E-state index is 5.54. The van der Waals surface area contributed by atoms with Gasteiger partial charge in [-0.25, -0.2) is 0 Å². The zero-order valence-electron chi connectivity index (χ0n) is 37.0. The number of anilines is 3. The average Bonchev–Trinajstić information content (AvgIpc) is 4.01. The first kappa shape index (κ1) is 43.4. The van der Waals surface area contributed by atoms with Crippen molar-refractivity contribution in [2.24, 2.45) is 10.7 Å². The van der Waals surface area contributed by atoms with E-state index in [1.807, 2.05) is 62.4 Å². The molecule has 0 saturated heterocycles. The average molecular weight is 821 g/mol. The number of amidine groups is 1. The molecule has 312 valence electrons. The van der Waals surface area contributed by atoms with Gasteiger partial charge in [0, 0.05) is 46.1 Å². The van der Waals surface area contributed by atoms with E-state index in [0.29, 0.717) is 5.84 Å². The van der Waals surface area contributed by atoms with E-state index < -0.39 is 0 Å². The number of nitrogens with zero attached hydrogens (tertiary/aromatic N) is 3. The molecule has 0 amide bonds. The van der Waals surface area contributed by atoms with Gasteiger partial charge in [-0.15, -0.1) is 0 Å². The van der Waals surface area contributed by atoms with Crippen LogP contribution in [0.25, 0.3) is 44.2 Å². The number of aryl methyl sites for hydroxylation is 2. The third-order valence-electron chi connectivity index (χ3n) is 11.0. The molecule has 0 saturated carbocycles. The molecule has 1 aliphatic carbocycles. The molecule has 4 heteroatoms. The Morgan fingerprint density at radius 1 is 0.508 bits per heavy atom. The van der Waals surface area contributed by atoms with Crippen LogP contribution < -0.4 is 10.6 Å². The fraction of sp³-hybridized carbons (Fsp3) is 0.102. The van der Waals surface area contributed by atoms with Crippen LogP contribution >= 0.6 is 0 Å². The molecule has 0 radical (unpaired) electrons. The molecule has 10 rings (SSSR count). The first-order chi connectivity index (χ1) is 31.0. The zero-order chi connectivity index (χ0) is 44.0. The van der Waals surface area contributed by atoms with Crippen LogP contribution in [-0.2, 0) is 0 Å². The Bertz CT molecular complexity index is 2920. The van der Waals surface area contributed by atoms with Gasteiger partial charge >= 0.3 is 0 Å². The number of allylic oxidation sites excluding steroid dienone is 4. The van der Waals surface area contributed by atoms with E-state index in [2.05, 4.69) is 204 Å². The van der Waals surface area contributed by atoms with Crippen LogP contribution in [-0.4, -0.2) is 17.5 Å². The maximum Gasteiger partial charge on any atom is 0.125 e. The molecular formula is C59H56N4. The van der Waals surface area contributed by atoms with Crippen molar-refractivity contribution < 1.29 is 0 Å². The Balaban J connectivity index is 0.000000260. The SMILES string of the molecule is CC.CN=C(N)c1ccccc1.Cc1ccc(-n2c3ccccc3c3ccc(N(c4ccc(C5=CC=CC5)cc4)c4ccc(-c5ccccc5)cc4)cc32)cc1.Cc1ccccc1. The Morgan fingerprint density at radius 3 is 1.59 bits per heavy atom. The molecule has 63 heavy (non-hydrogen) atoms. The summed E-state index contributed by atoms with van der Waals surface area (Å²) in [7, 11) is 1.68. The van der Waals surface area contributed by atoms with Gasteiger partial charge in [0.1, 0.15) is 5.84 Å². The molecule has 0 atom stereocenters. The maximum atomic E-state index is 5.54. The predicted octanol–water partition coefficient (Wildman–Crippen LogP) is 15.6. The van der Waals surface area contributed by atoms with Crippen LogP contribution in [0, 0.1) is 13.8 Å². The number of rotatable bonds is 7. The van der Waals surface area contributed by atoms with Gasteiger partial charge in [-0.05, 0) is 97.1 Å². The van der Waals surface area contributed by atoms with E-state index in [4.69, 9.17) is 5.73 Å². The fourth-order valence-corrected chi connectivity index (χ4v) is 7.71. The van der Waals surface area contributed by atoms with Gasteiger partial charge in [0.05, 0.1) is 11.0 Å². The normalized spacial score (nSPS) is 11.7. The van der Waals surface area contributed by atoms with E-state index in [1.165, 1.54) is 60.9 Å². The van der Waals surface area contributed by atoms with Gasteiger partial charge in [-0.3, -0.25) is 4.99 Å². The minimum absolute atomic E-state index is 0.584. The molecule has 1 aliphatic rings. The zero-order valence-corrected chi connectivity index (χ0v) is 37.0. The summed E-state index contributed by atoms with van der Waals surface area (Å²) in [5.74, 6) is 0.584. The third kappa shape index (κ3) is 10.4. The summed E-state index contributed by atoms with van der Waals surface area (Å²) in [5.41, 5.74) is 21.1. The Morgan fingerprint density at radius 2 is 1.02 bits per heavy atom. The van der Waals surface area contributed by atoms with Crippen molar-refractivity contribution in [3.8, 4) is 16.8 Å². The summed E-state index contributed by atoms with van der Waals surface area (Å²) in [5, 5.41) is 2.51. The van der Waals surface area contributed by atoms with Crippen LogP contribution in [0.15, 0.2) is 229 Å². The molecule has 0 spiro atoms. The molecule has 0 aliphatic heterocycles. The van der Waals surface area contributed by atoms with E-state index in [0.717, 1.165) is 29.0 Å². The molecule has 1 heterocycles. The van der Waals surface area contributed by atoms with Gasteiger partial charge in [0.25, 0.3) is 0 Å². The number of benzene rings is 8. The van der Waals surface area contributed by atoms with Gasteiger partial charge in [-0.1, -0.05) is 195 Å². The molecule has 0 bridgehead atoms. The van der Waals surface area contributed by atoms with Crippen LogP contribution in [0.3, 0.4) is 0 Å². The second kappa shape index (κ2) is 21.2. The van der Waals surface area contributed by atoms with Gasteiger partial charge < -0.3 is 15.2 Å². The molecular weight excluding hydrogens is 765 g/mol. The summed E-state index contributed by atoms with van der Waals surface area (Å²) in [4.78, 5) is 6.22. The lowest BCUT2D eigenvalue weighted by Crippen LogP contribution is -2.12. The number of hydrogen-bond acceptors (Lipinski definition) is 2. The molecule has 8 aromatic carbocycles. The van der Waals surface area contributed by atoms with Crippen LogP contribution in [0.4, 0.5) is 17.1 Å². The highest BCUT2D eigenvalue weighted by atomic mass is 15.1. The number of hydrogen-bond donors (Lipinski definition) is 1. The summed E-state index contributed by atoms with van der Waals surface area (Å²) in [6.07, 6.45) is 7.57. The van der Waals surface area contributed by atoms with E-state index in [9.17, 15) is 0 Å². The summed E-state index contributed by atoms with van der Waals surface area (Å²) in [6, 6.07) is 72.9. The quantitative estimate of drug-likeness (QED) is 0.129. The third-order valence-corrected chi connectivity index (χ3v) is 11.0. The molecule has 1 aromatic heterocycles. The molecule has 4 nitrogen and oxygen atoms in total. The molecule has 0 unspecified atom stereocenters. The van der Waals surface area contributed by atoms with Gasteiger partial charge in [0.2, 0.25) is 0 Å². The predicted molar refractivity (Wildman–Crippen MR) is 273 cm³/mol. The Hall–Kier alpha value is -7.69. The Labute approximate surface area is 373 Å². The minimum Gasteiger partial charge on any atom is -0.384 e. The Kier molecular flexibility index (Phi) is 14.6. The van der Waals surface area contributed by atoms with Crippen molar-refractivity contribution in [3.63, 3.8) is 0 Å². The monoisotopic (exact) mass is 820 g/mol. The van der Waals surface area contributed by atoms with E-state index in [1.54, 1.807) is 7.05 Å². The lowest BCUT2D eigenvalue weighted by Gasteiger charge is -2.26. The lowest BCUT2D eigenvalue weighted by atomic mass is 10.0. The number of nitrogens with two attached hydrogens (primary N) is 1. The van der Waals surface area contributed by atoms with Crippen molar-refractivity contribution >= 4 is 50.3 Å². The largest absolute Gasteiger partial charge is 0.384 e. The first-order valence-electron chi connectivity index (χ1n) is 21.8. The molecule has 9 aromatic rings. The second-order valence-corrected chi connectivity index (χ2v) is 15.1. The van der Waals surface area contributed by atoms with Crippen molar-refractivity contribution in [1.82, 2.24) is 4.57 Å².